The highest BCUT2D eigenvalue weighted by Crippen LogP contribution is 2.27. The van der Waals surface area contributed by atoms with Gasteiger partial charge in [0.2, 0.25) is 0 Å². The fourth-order valence-corrected chi connectivity index (χ4v) is 1.13. The Morgan fingerprint density at radius 1 is 1.40 bits per heavy atom. The molecule has 0 heterocycles. The molecule has 0 saturated carbocycles. The van der Waals surface area contributed by atoms with Crippen LogP contribution in [0.1, 0.15) is 16.8 Å². The summed E-state index contributed by atoms with van der Waals surface area (Å²) in [7, 11) is 1.55. The van der Waals surface area contributed by atoms with Crippen LogP contribution in [-0.2, 0) is 0 Å². The number of rotatable bonds is 6. The number of carbonyl (C=O) groups is 1. The van der Waals surface area contributed by atoms with E-state index in [4.69, 9.17) is 9.47 Å². The van der Waals surface area contributed by atoms with Crippen LogP contribution in [0.25, 0.3) is 0 Å². The summed E-state index contributed by atoms with van der Waals surface area (Å²) in [4.78, 5) is 10.5. The van der Waals surface area contributed by atoms with Crippen LogP contribution >= 0.6 is 0 Å². The Balaban J connectivity index is 2.77. The maximum absolute atomic E-state index is 10.5. The molecule has 0 bridgehead atoms. The monoisotopic (exact) mass is 206 g/mol. The summed E-state index contributed by atoms with van der Waals surface area (Å²) in [5.74, 6) is 1.22. The van der Waals surface area contributed by atoms with Gasteiger partial charge in [0.05, 0.1) is 13.7 Å². The zero-order valence-corrected chi connectivity index (χ0v) is 8.73. The van der Waals surface area contributed by atoms with Crippen LogP contribution < -0.4 is 9.47 Å². The second-order valence-corrected chi connectivity index (χ2v) is 2.95. The third-order valence-corrected chi connectivity index (χ3v) is 1.90. The molecule has 0 N–H and O–H groups in total. The molecule has 0 aliphatic rings. The van der Waals surface area contributed by atoms with E-state index in [1.165, 1.54) is 0 Å². The molecule has 80 valence electrons. The van der Waals surface area contributed by atoms with Gasteiger partial charge in [-0.2, -0.15) is 0 Å². The molecule has 0 aliphatic heterocycles. The lowest BCUT2D eigenvalue weighted by molar-refractivity contribution is 0.112. The first-order valence-electron chi connectivity index (χ1n) is 4.68. The molecule has 0 radical (unpaired) electrons. The summed E-state index contributed by atoms with van der Waals surface area (Å²) >= 11 is 0. The van der Waals surface area contributed by atoms with Crippen molar-refractivity contribution in [3.05, 3.63) is 36.4 Å². The second-order valence-electron chi connectivity index (χ2n) is 2.95. The Hall–Kier alpha value is -1.77. The summed E-state index contributed by atoms with van der Waals surface area (Å²) in [6.45, 7) is 4.16. The molecule has 1 aromatic carbocycles. The van der Waals surface area contributed by atoms with Crippen molar-refractivity contribution in [2.75, 3.05) is 13.7 Å². The zero-order valence-electron chi connectivity index (χ0n) is 8.73. The SMILES string of the molecule is C=CCCOc1ccc(C=O)cc1OC. The lowest BCUT2D eigenvalue weighted by Gasteiger charge is -2.09. The normalized spacial score (nSPS) is 9.40. The first-order valence-corrected chi connectivity index (χ1v) is 4.68. The van der Waals surface area contributed by atoms with E-state index in [2.05, 4.69) is 6.58 Å². The lowest BCUT2D eigenvalue weighted by Crippen LogP contribution is -1.98. The Kier molecular flexibility index (Phi) is 4.41. The molecule has 3 heteroatoms. The highest BCUT2D eigenvalue weighted by Gasteiger charge is 2.04. The maximum atomic E-state index is 10.5. The van der Waals surface area contributed by atoms with Gasteiger partial charge >= 0.3 is 0 Å². The number of ether oxygens (including phenoxy) is 2. The topological polar surface area (TPSA) is 35.5 Å². The van der Waals surface area contributed by atoms with Crippen molar-refractivity contribution in [1.82, 2.24) is 0 Å². The summed E-state index contributed by atoms with van der Waals surface area (Å²) in [5.41, 5.74) is 0.572. The van der Waals surface area contributed by atoms with E-state index in [9.17, 15) is 4.79 Å². The summed E-state index contributed by atoms with van der Waals surface area (Å²) in [6.07, 6.45) is 3.33. The van der Waals surface area contributed by atoms with Crippen LogP contribution in [-0.4, -0.2) is 20.0 Å². The Labute approximate surface area is 89.3 Å². The molecule has 0 unspecified atom stereocenters. The van der Waals surface area contributed by atoms with Crippen LogP contribution in [0.15, 0.2) is 30.9 Å². The molecule has 0 aromatic heterocycles. The molecule has 15 heavy (non-hydrogen) atoms. The third-order valence-electron chi connectivity index (χ3n) is 1.90. The predicted octanol–water partition coefficient (Wildman–Crippen LogP) is 2.46. The molecular weight excluding hydrogens is 192 g/mol. The number of aldehydes is 1. The molecule has 0 aliphatic carbocycles. The minimum absolute atomic E-state index is 0.556. The van der Waals surface area contributed by atoms with E-state index >= 15 is 0 Å². The average Bonchev–Trinajstić information content (AvgIpc) is 2.29. The van der Waals surface area contributed by atoms with Crippen molar-refractivity contribution < 1.29 is 14.3 Å². The molecule has 0 fully saturated rings. The molecule has 0 amide bonds. The minimum Gasteiger partial charge on any atom is -0.493 e. The minimum atomic E-state index is 0.556. The predicted molar refractivity (Wildman–Crippen MR) is 58.7 cm³/mol. The second kappa shape index (κ2) is 5.86. The van der Waals surface area contributed by atoms with Gasteiger partial charge in [0.15, 0.2) is 11.5 Å². The van der Waals surface area contributed by atoms with Crippen LogP contribution in [0.4, 0.5) is 0 Å². The van der Waals surface area contributed by atoms with Crippen LogP contribution in [0.5, 0.6) is 11.5 Å². The quantitative estimate of drug-likeness (QED) is 0.407. The Morgan fingerprint density at radius 2 is 2.20 bits per heavy atom. The van der Waals surface area contributed by atoms with E-state index in [1.807, 2.05) is 0 Å². The first kappa shape index (κ1) is 11.3. The van der Waals surface area contributed by atoms with E-state index in [1.54, 1.807) is 31.4 Å². The van der Waals surface area contributed by atoms with Gasteiger partial charge in [-0.15, -0.1) is 6.58 Å². The van der Waals surface area contributed by atoms with Crippen molar-refractivity contribution >= 4 is 6.29 Å². The largest absolute Gasteiger partial charge is 0.493 e. The molecule has 3 nitrogen and oxygen atoms in total. The molecular formula is C12H14O3. The Bertz CT molecular complexity index is 345. The van der Waals surface area contributed by atoms with Gasteiger partial charge in [0.1, 0.15) is 6.29 Å². The lowest BCUT2D eigenvalue weighted by atomic mass is 10.2. The van der Waals surface area contributed by atoms with Crippen molar-refractivity contribution in [1.29, 1.82) is 0 Å². The molecule has 1 aromatic rings. The summed E-state index contributed by atoms with van der Waals surface area (Å²) in [5, 5.41) is 0. The van der Waals surface area contributed by atoms with Crippen molar-refractivity contribution in [2.45, 2.75) is 6.42 Å². The van der Waals surface area contributed by atoms with Crippen LogP contribution in [0.3, 0.4) is 0 Å². The van der Waals surface area contributed by atoms with Gasteiger partial charge in [-0.3, -0.25) is 4.79 Å². The fourth-order valence-electron chi connectivity index (χ4n) is 1.13. The van der Waals surface area contributed by atoms with Gasteiger partial charge in [-0.05, 0) is 24.6 Å². The fraction of sp³-hybridized carbons (Fsp3) is 0.250. The first-order chi connectivity index (χ1) is 7.31. The number of benzene rings is 1. The van der Waals surface area contributed by atoms with Crippen LogP contribution in [0, 0.1) is 0 Å². The van der Waals surface area contributed by atoms with Crippen molar-refractivity contribution in [3.63, 3.8) is 0 Å². The van der Waals surface area contributed by atoms with Gasteiger partial charge in [-0.25, -0.2) is 0 Å². The number of hydrogen-bond acceptors (Lipinski definition) is 3. The highest BCUT2D eigenvalue weighted by molar-refractivity contribution is 5.76. The van der Waals surface area contributed by atoms with Crippen LogP contribution in [0.2, 0.25) is 0 Å². The standard InChI is InChI=1S/C12H14O3/c1-3-4-7-15-11-6-5-10(9-13)8-12(11)14-2/h3,5-6,8-9H,1,4,7H2,2H3. The molecule has 1 rings (SSSR count). The van der Waals surface area contributed by atoms with E-state index < -0.39 is 0 Å². The number of methoxy groups -OCH3 is 1. The molecule has 0 atom stereocenters. The number of carbonyl (C=O) groups excluding carboxylic acids is 1. The maximum Gasteiger partial charge on any atom is 0.161 e. The van der Waals surface area contributed by atoms with Gasteiger partial charge < -0.3 is 9.47 Å². The summed E-state index contributed by atoms with van der Waals surface area (Å²) < 4.78 is 10.6. The van der Waals surface area contributed by atoms with E-state index in [-0.39, 0.29) is 0 Å². The van der Waals surface area contributed by atoms with Gasteiger partial charge in [0.25, 0.3) is 0 Å². The average molecular weight is 206 g/mol. The van der Waals surface area contributed by atoms with Gasteiger partial charge in [0, 0.05) is 5.56 Å². The van der Waals surface area contributed by atoms with E-state index in [0.29, 0.717) is 23.7 Å². The van der Waals surface area contributed by atoms with E-state index in [0.717, 1.165) is 12.7 Å². The van der Waals surface area contributed by atoms with Crippen molar-refractivity contribution in [2.24, 2.45) is 0 Å². The Morgan fingerprint density at radius 3 is 2.80 bits per heavy atom. The molecule has 0 spiro atoms. The smallest absolute Gasteiger partial charge is 0.161 e. The number of hydrogen-bond donors (Lipinski definition) is 0. The zero-order chi connectivity index (χ0) is 11.1. The molecule has 0 saturated heterocycles. The summed E-state index contributed by atoms with van der Waals surface area (Å²) in [6, 6.07) is 5.07. The highest BCUT2D eigenvalue weighted by atomic mass is 16.5. The van der Waals surface area contributed by atoms with Crippen molar-refractivity contribution in [3.8, 4) is 11.5 Å². The third kappa shape index (κ3) is 3.13. The van der Waals surface area contributed by atoms with Gasteiger partial charge in [-0.1, -0.05) is 6.08 Å².